The summed E-state index contributed by atoms with van der Waals surface area (Å²) < 4.78 is 20.4. The van der Waals surface area contributed by atoms with E-state index < -0.39 is 13.7 Å². The van der Waals surface area contributed by atoms with Crippen LogP contribution in [-0.4, -0.2) is 12.5 Å². The average Bonchev–Trinajstić information content (AvgIpc) is 2.46. The summed E-state index contributed by atoms with van der Waals surface area (Å²) in [7, 11) is -4.50. The fraction of sp³-hybridized carbons (Fsp3) is 0.500. The van der Waals surface area contributed by atoms with Gasteiger partial charge in [0.2, 0.25) is 5.91 Å². The summed E-state index contributed by atoms with van der Waals surface area (Å²) in [5.41, 5.74) is 2.85. The van der Waals surface area contributed by atoms with E-state index >= 15 is 0 Å². The van der Waals surface area contributed by atoms with Crippen LogP contribution in [0.5, 0.6) is 0 Å². The summed E-state index contributed by atoms with van der Waals surface area (Å²) in [6, 6.07) is 9.34. The molecule has 0 aromatic heterocycles. The number of hydroxylamine groups is 1. The first-order valence-electron chi connectivity index (χ1n) is 7.00. The minimum atomic E-state index is -4.50. The normalized spacial score (nSPS) is 13.6. The average molecular weight is 314 g/mol. The number of carbonyl (C=O) groups is 1. The smallest absolute Gasteiger partial charge is 0.290 e. The number of nitrogens with one attached hydrogen (secondary N) is 1. The number of phosphoric acid groups is 1. The van der Waals surface area contributed by atoms with Crippen molar-refractivity contribution in [2.24, 2.45) is 0 Å². The fourth-order valence-electron chi connectivity index (χ4n) is 1.64. The van der Waals surface area contributed by atoms with Crippen molar-refractivity contribution in [3.8, 4) is 0 Å². The first kappa shape index (κ1) is 17.9. The zero-order chi connectivity index (χ0) is 15.6. The highest BCUT2D eigenvalue weighted by Crippen LogP contribution is 2.36. The molecule has 0 aliphatic heterocycles. The Hall–Kier alpha value is -1.20. The Morgan fingerprint density at radius 1 is 1.29 bits per heavy atom. The Morgan fingerprint density at radius 3 is 2.67 bits per heavy atom. The highest BCUT2D eigenvalue weighted by Gasteiger charge is 2.12. The van der Waals surface area contributed by atoms with Crippen LogP contribution in [0.3, 0.4) is 0 Å². The van der Waals surface area contributed by atoms with Crippen molar-refractivity contribution in [1.82, 2.24) is 5.48 Å². The maximum Gasteiger partial charge on any atom is 0.290 e. The fourth-order valence-corrected chi connectivity index (χ4v) is 2.22. The lowest BCUT2D eigenvalue weighted by atomic mass is 10.2. The van der Waals surface area contributed by atoms with Crippen molar-refractivity contribution in [2.45, 2.75) is 39.0 Å². The van der Waals surface area contributed by atoms with Crippen molar-refractivity contribution < 1.29 is 23.4 Å². The van der Waals surface area contributed by atoms with Gasteiger partial charge in [0.25, 0.3) is 7.82 Å². The van der Waals surface area contributed by atoms with Crippen LogP contribution in [0.4, 0.5) is 0 Å². The van der Waals surface area contributed by atoms with Gasteiger partial charge in [0, 0.05) is 6.42 Å². The Labute approximate surface area is 125 Å². The Kier molecular flexibility index (Phi) is 8.23. The van der Waals surface area contributed by atoms with Gasteiger partial charge in [0.15, 0.2) is 0 Å². The minimum absolute atomic E-state index is 0.0313. The van der Waals surface area contributed by atoms with Gasteiger partial charge in [0.05, 0.1) is 6.61 Å². The van der Waals surface area contributed by atoms with Gasteiger partial charge in [-0.15, -0.1) is 0 Å². The van der Waals surface area contributed by atoms with Crippen LogP contribution in [0.2, 0.25) is 0 Å². The van der Waals surface area contributed by atoms with E-state index in [1.54, 1.807) is 0 Å². The number of hydrogen-bond acceptors (Lipinski definition) is 5. The standard InChI is InChI=1S/C14H22NO5P/c1-2-3-5-10-14(16)15-20-21(17,18)19-12-11-13-8-6-4-7-9-13/h4,6-9H,2-3,5,10-12H2,1H3,(H,15,16)(H,17,18)/p-1. The first-order valence-corrected chi connectivity index (χ1v) is 8.46. The van der Waals surface area contributed by atoms with Crippen molar-refractivity contribution in [3.05, 3.63) is 35.9 Å². The molecule has 7 heteroatoms. The van der Waals surface area contributed by atoms with Gasteiger partial charge in [-0.05, 0) is 18.4 Å². The molecule has 0 bridgehead atoms. The molecule has 118 valence electrons. The predicted molar refractivity (Wildman–Crippen MR) is 77.1 cm³/mol. The van der Waals surface area contributed by atoms with Gasteiger partial charge in [-0.1, -0.05) is 50.1 Å². The molecule has 0 saturated carbocycles. The first-order chi connectivity index (χ1) is 10.0. The van der Waals surface area contributed by atoms with Gasteiger partial charge >= 0.3 is 0 Å². The Bertz CT molecular complexity index is 466. The SMILES string of the molecule is CCCCCC(=O)NOP(=O)([O-])OCCc1ccccc1. The number of hydrogen-bond donors (Lipinski definition) is 1. The molecule has 1 atom stereocenters. The molecule has 1 N–H and O–H groups in total. The van der Waals surface area contributed by atoms with E-state index in [9.17, 15) is 14.3 Å². The summed E-state index contributed by atoms with van der Waals surface area (Å²) in [6.45, 7) is 1.98. The van der Waals surface area contributed by atoms with Crippen LogP contribution in [0.1, 0.15) is 38.2 Å². The molecule has 1 aromatic carbocycles. The van der Waals surface area contributed by atoms with Crippen LogP contribution in [0.15, 0.2) is 30.3 Å². The van der Waals surface area contributed by atoms with E-state index in [1.807, 2.05) is 42.7 Å². The number of phosphoric ester groups is 1. The number of carbonyl (C=O) groups excluding carboxylic acids is 1. The topological polar surface area (TPSA) is 87.7 Å². The van der Waals surface area contributed by atoms with E-state index in [0.29, 0.717) is 12.8 Å². The molecule has 0 aliphatic carbocycles. The van der Waals surface area contributed by atoms with Crippen LogP contribution < -0.4 is 10.4 Å². The summed E-state index contributed by atoms with van der Waals surface area (Å²) in [4.78, 5) is 22.7. The number of benzene rings is 1. The third kappa shape index (κ3) is 8.63. The Balaban J connectivity index is 2.21. The second kappa shape index (κ2) is 9.68. The molecule has 0 radical (unpaired) electrons. The second-order valence-electron chi connectivity index (χ2n) is 4.59. The summed E-state index contributed by atoms with van der Waals surface area (Å²) in [5, 5.41) is 0. The van der Waals surface area contributed by atoms with Gasteiger partial charge in [-0.25, -0.2) is 10.1 Å². The molecule has 0 aliphatic rings. The van der Waals surface area contributed by atoms with Crippen molar-refractivity contribution in [3.63, 3.8) is 0 Å². The maximum atomic E-state index is 11.4. The molecule has 0 fully saturated rings. The predicted octanol–water partition coefficient (Wildman–Crippen LogP) is 2.34. The molecular formula is C14H21NO5P-. The molecule has 1 amide bonds. The monoisotopic (exact) mass is 314 g/mol. The third-order valence-electron chi connectivity index (χ3n) is 2.76. The molecule has 1 aromatic rings. The van der Waals surface area contributed by atoms with Crippen LogP contribution in [-0.2, 0) is 24.9 Å². The molecule has 1 rings (SSSR count). The van der Waals surface area contributed by atoms with Crippen LogP contribution >= 0.6 is 7.82 Å². The third-order valence-corrected chi connectivity index (χ3v) is 3.58. The van der Waals surface area contributed by atoms with E-state index in [0.717, 1.165) is 18.4 Å². The van der Waals surface area contributed by atoms with Crippen molar-refractivity contribution >= 4 is 13.7 Å². The van der Waals surface area contributed by atoms with Crippen LogP contribution in [0, 0.1) is 0 Å². The van der Waals surface area contributed by atoms with Gasteiger partial charge in [-0.2, -0.15) is 0 Å². The number of rotatable bonds is 10. The summed E-state index contributed by atoms with van der Waals surface area (Å²) >= 11 is 0. The van der Waals surface area contributed by atoms with E-state index in [1.165, 1.54) is 0 Å². The van der Waals surface area contributed by atoms with E-state index in [-0.39, 0.29) is 13.0 Å². The van der Waals surface area contributed by atoms with Gasteiger partial charge in [-0.3, -0.25) is 9.36 Å². The second-order valence-corrected chi connectivity index (χ2v) is 5.92. The molecule has 21 heavy (non-hydrogen) atoms. The number of amides is 1. The molecule has 0 heterocycles. The van der Waals surface area contributed by atoms with E-state index in [2.05, 4.69) is 9.15 Å². The van der Waals surface area contributed by atoms with E-state index in [4.69, 9.17) is 0 Å². The molecule has 1 unspecified atom stereocenters. The van der Waals surface area contributed by atoms with Gasteiger partial charge in [0.1, 0.15) is 0 Å². The molecular weight excluding hydrogens is 293 g/mol. The Morgan fingerprint density at radius 2 is 2.00 bits per heavy atom. The number of unbranched alkanes of at least 4 members (excludes halogenated alkanes) is 2. The van der Waals surface area contributed by atoms with Crippen LogP contribution in [0.25, 0.3) is 0 Å². The molecule has 0 spiro atoms. The summed E-state index contributed by atoms with van der Waals surface area (Å²) in [6.07, 6.45) is 3.27. The maximum absolute atomic E-state index is 11.4. The lowest BCUT2D eigenvalue weighted by molar-refractivity contribution is -0.231. The van der Waals surface area contributed by atoms with Crippen molar-refractivity contribution in [1.29, 1.82) is 0 Å². The molecule has 6 nitrogen and oxygen atoms in total. The minimum Gasteiger partial charge on any atom is -0.755 e. The summed E-state index contributed by atoms with van der Waals surface area (Å²) in [5.74, 6) is -0.466. The quantitative estimate of drug-likeness (QED) is 0.407. The van der Waals surface area contributed by atoms with Gasteiger partial charge < -0.3 is 9.42 Å². The lowest BCUT2D eigenvalue weighted by Gasteiger charge is -2.22. The lowest BCUT2D eigenvalue weighted by Crippen LogP contribution is -2.25. The highest BCUT2D eigenvalue weighted by atomic mass is 31.2. The zero-order valence-corrected chi connectivity index (χ0v) is 13.0. The molecule has 0 saturated heterocycles. The zero-order valence-electron chi connectivity index (χ0n) is 12.1. The highest BCUT2D eigenvalue weighted by molar-refractivity contribution is 7.45. The largest absolute Gasteiger partial charge is 0.755 e. The van der Waals surface area contributed by atoms with Crippen molar-refractivity contribution in [2.75, 3.05) is 6.61 Å².